The van der Waals surface area contributed by atoms with E-state index in [1.807, 2.05) is 66.0 Å². The molecule has 1 amide bonds. The van der Waals surface area contributed by atoms with Crippen molar-refractivity contribution in [3.05, 3.63) is 101 Å². The molecule has 0 saturated heterocycles. The molecule has 0 unspecified atom stereocenters. The summed E-state index contributed by atoms with van der Waals surface area (Å²) in [4.78, 5) is 18.4. The highest BCUT2D eigenvalue weighted by Crippen LogP contribution is 2.28. The molecule has 0 aliphatic rings. The Morgan fingerprint density at radius 2 is 1.74 bits per heavy atom. The number of nitrogens with zero attached hydrogens (tertiary/aromatic N) is 3. The van der Waals surface area contributed by atoms with Crippen LogP contribution < -0.4 is 19.5 Å². The number of benzene rings is 3. The summed E-state index contributed by atoms with van der Waals surface area (Å²) in [6.45, 7) is 0.427. The van der Waals surface area contributed by atoms with Gasteiger partial charge in [-0.05, 0) is 65.5 Å². The highest BCUT2D eigenvalue weighted by Gasteiger charge is 2.16. The minimum Gasteiger partial charge on any atom is -0.497 e. The van der Waals surface area contributed by atoms with Crippen LogP contribution in [0.4, 0.5) is 5.69 Å². The van der Waals surface area contributed by atoms with E-state index in [4.69, 9.17) is 14.2 Å². The van der Waals surface area contributed by atoms with E-state index in [1.54, 1.807) is 54.5 Å². The third-order valence-corrected chi connectivity index (χ3v) is 6.66. The molecule has 5 aromatic rings. The van der Waals surface area contributed by atoms with Gasteiger partial charge in [0.05, 0.1) is 31.4 Å². The smallest absolute Gasteiger partial charge is 0.336 e. The maximum atomic E-state index is 12.8. The molecule has 1 N–H and O–H groups in total. The van der Waals surface area contributed by atoms with Crippen molar-refractivity contribution in [2.75, 3.05) is 26.1 Å². The number of anilines is 1. The molecule has 0 aliphatic heterocycles. The third-order valence-electron chi connectivity index (χ3n) is 5.79. The van der Waals surface area contributed by atoms with Crippen LogP contribution in [-0.2, 0) is 6.42 Å². The van der Waals surface area contributed by atoms with Crippen molar-refractivity contribution in [1.82, 2.24) is 14.8 Å². The van der Waals surface area contributed by atoms with Crippen LogP contribution in [0.1, 0.15) is 15.9 Å². The summed E-state index contributed by atoms with van der Waals surface area (Å²) >= 11 is 1.57. The molecule has 0 atom stereocenters. The first-order valence-corrected chi connectivity index (χ1v) is 12.8. The van der Waals surface area contributed by atoms with E-state index in [2.05, 4.69) is 15.4 Å². The Morgan fingerprint density at radius 1 is 0.921 bits per heavy atom. The normalized spacial score (nSPS) is 10.7. The fraction of sp³-hybridized carbons (Fsp3) is 0.138. The molecule has 192 valence electrons. The molecule has 9 heteroatoms. The van der Waals surface area contributed by atoms with Gasteiger partial charge in [-0.3, -0.25) is 4.79 Å². The van der Waals surface area contributed by atoms with Crippen molar-refractivity contribution >= 4 is 22.9 Å². The van der Waals surface area contributed by atoms with Crippen LogP contribution in [0.15, 0.2) is 90.3 Å². The number of carbonyl (C=O) groups is 1. The Kier molecular flexibility index (Phi) is 7.65. The molecule has 5 rings (SSSR count). The Morgan fingerprint density at radius 3 is 2.50 bits per heavy atom. The van der Waals surface area contributed by atoms with Crippen LogP contribution in [0.25, 0.3) is 16.4 Å². The first-order valence-electron chi connectivity index (χ1n) is 12.0. The summed E-state index contributed by atoms with van der Waals surface area (Å²) < 4.78 is 18.1. The number of amides is 1. The molecule has 8 nitrogen and oxygen atoms in total. The number of methoxy groups -OCH3 is 2. The number of ether oxygens (including phenoxy) is 3. The van der Waals surface area contributed by atoms with Gasteiger partial charge in [0.15, 0.2) is 5.82 Å². The molecule has 0 aliphatic carbocycles. The van der Waals surface area contributed by atoms with Crippen LogP contribution in [-0.4, -0.2) is 41.5 Å². The lowest BCUT2D eigenvalue weighted by molar-refractivity contribution is 0.102. The minimum atomic E-state index is -0.235. The van der Waals surface area contributed by atoms with Gasteiger partial charge in [0.2, 0.25) is 0 Å². The summed E-state index contributed by atoms with van der Waals surface area (Å²) in [5.41, 5.74) is 3.00. The zero-order valence-corrected chi connectivity index (χ0v) is 21.8. The summed E-state index contributed by atoms with van der Waals surface area (Å²) in [5.74, 6) is 1.86. The average molecular weight is 527 g/mol. The van der Waals surface area contributed by atoms with E-state index in [0.717, 1.165) is 21.9 Å². The molecule has 3 aromatic carbocycles. The summed E-state index contributed by atoms with van der Waals surface area (Å²) in [7, 11) is 3.22. The predicted molar refractivity (Wildman–Crippen MR) is 148 cm³/mol. The highest BCUT2D eigenvalue weighted by atomic mass is 32.1. The molecular formula is C29H26N4O4S. The molecule has 0 spiro atoms. The molecule has 2 heterocycles. The first-order chi connectivity index (χ1) is 18.6. The van der Waals surface area contributed by atoms with Crippen LogP contribution in [0.5, 0.6) is 17.5 Å². The lowest BCUT2D eigenvalue weighted by Gasteiger charge is -2.09. The molecular weight excluding hydrogens is 500 g/mol. The van der Waals surface area contributed by atoms with E-state index in [-0.39, 0.29) is 11.9 Å². The monoisotopic (exact) mass is 526 g/mol. The Balaban J connectivity index is 1.35. The molecule has 38 heavy (non-hydrogen) atoms. The van der Waals surface area contributed by atoms with Gasteiger partial charge in [0, 0.05) is 17.7 Å². The third kappa shape index (κ3) is 5.84. The van der Waals surface area contributed by atoms with Crippen molar-refractivity contribution in [1.29, 1.82) is 0 Å². The average Bonchev–Trinajstić information content (AvgIpc) is 3.64. The molecule has 0 radical (unpaired) electrons. The van der Waals surface area contributed by atoms with Gasteiger partial charge in [0.25, 0.3) is 5.91 Å². The number of thiophene rings is 1. The number of nitrogens with one attached hydrogen (secondary N) is 1. The molecule has 0 bridgehead atoms. The van der Waals surface area contributed by atoms with E-state index in [0.29, 0.717) is 35.9 Å². The van der Waals surface area contributed by atoms with Gasteiger partial charge in [0.1, 0.15) is 11.5 Å². The van der Waals surface area contributed by atoms with Gasteiger partial charge in [-0.15, -0.1) is 16.4 Å². The SMILES string of the molecule is COc1ccc(CCOc2nc(-c3cccs3)n(-c3cccc(NC(=O)c4cccc(OC)c4)c3)n2)cc1. The van der Waals surface area contributed by atoms with Gasteiger partial charge in [-0.1, -0.05) is 30.3 Å². The van der Waals surface area contributed by atoms with Crippen molar-refractivity contribution in [3.63, 3.8) is 0 Å². The standard InChI is InChI=1S/C29H26N4O4S/c1-35-24-13-11-20(12-14-24)15-16-37-29-31-27(26-10-5-17-38-26)33(32-29)23-8-4-7-22(19-23)30-28(34)21-6-3-9-25(18-21)36-2/h3-14,17-19H,15-16H2,1-2H3,(H,30,34). The maximum Gasteiger partial charge on any atom is 0.336 e. The number of carbonyl (C=O) groups excluding carboxylic acids is 1. The maximum absolute atomic E-state index is 12.8. The van der Waals surface area contributed by atoms with Crippen molar-refractivity contribution < 1.29 is 19.0 Å². The quantitative estimate of drug-likeness (QED) is 0.244. The predicted octanol–water partition coefficient (Wildman–Crippen LogP) is 5.89. The summed E-state index contributed by atoms with van der Waals surface area (Å²) in [6.07, 6.45) is 0.707. The lowest BCUT2D eigenvalue weighted by Crippen LogP contribution is -2.12. The van der Waals surface area contributed by atoms with E-state index in [1.165, 1.54) is 0 Å². The van der Waals surface area contributed by atoms with Crippen molar-refractivity contribution in [3.8, 4) is 33.9 Å². The van der Waals surface area contributed by atoms with Crippen LogP contribution >= 0.6 is 11.3 Å². The lowest BCUT2D eigenvalue weighted by atomic mass is 10.1. The minimum absolute atomic E-state index is 0.235. The Labute approximate surface area is 224 Å². The number of hydrogen-bond acceptors (Lipinski definition) is 7. The van der Waals surface area contributed by atoms with Gasteiger partial charge in [-0.25, -0.2) is 4.68 Å². The fourth-order valence-electron chi connectivity index (χ4n) is 3.84. The van der Waals surface area contributed by atoms with Crippen LogP contribution in [0.3, 0.4) is 0 Å². The van der Waals surface area contributed by atoms with Crippen LogP contribution in [0, 0.1) is 0 Å². The summed E-state index contributed by atoms with van der Waals surface area (Å²) in [5, 5.41) is 9.57. The fourth-order valence-corrected chi connectivity index (χ4v) is 4.53. The summed E-state index contributed by atoms with van der Waals surface area (Å²) in [6, 6.07) is 26.6. The van der Waals surface area contributed by atoms with Gasteiger partial charge >= 0.3 is 6.01 Å². The Hall–Kier alpha value is -4.63. The van der Waals surface area contributed by atoms with E-state index in [9.17, 15) is 4.79 Å². The Bertz CT molecular complexity index is 1510. The molecule has 0 saturated carbocycles. The van der Waals surface area contributed by atoms with Crippen molar-refractivity contribution in [2.24, 2.45) is 0 Å². The molecule has 2 aromatic heterocycles. The van der Waals surface area contributed by atoms with Gasteiger partial charge < -0.3 is 19.5 Å². The number of hydrogen-bond donors (Lipinski definition) is 1. The topological polar surface area (TPSA) is 87.5 Å². The zero-order chi connectivity index (χ0) is 26.3. The second-order valence-corrected chi connectivity index (χ2v) is 9.24. The van der Waals surface area contributed by atoms with Crippen molar-refractivity contribution in [2.45, 2.75) is 6.42 Å². The first kappa shape index (κ1) is 25.0. The second-order valence-electron chi connectivity index (χ2n) is 8.29. The van der Waals surface area contributed by atoms with E-state index >= 15 is 0 Å². The highest BCUT2D eigenvalue weighted by molar-refractivity contribution is 7.13. The number of rotatable bonds is 10. The van der Waals surface area contributed by atoms with E-state index < -0.39 is 0 Å². The largest absolute Gasteiger partial charge is 0.497 e. The zero-order valence-electron chi connectivity index (χ0n) is 21.0. The number of aromatic nitrogens is 3. The van der Waals surface area contributed by atoms with Crippen LogP contribution in [0.2, 0.25) is 0 Å². The second kappa shape index (κ2) is 11.6. The van der Waals surface area contributed by atoms with Gasteiger partial charge in [-0.2, -0.15) is 4.98 Å². The molecule has 0 fully saturated rings.